The van der Waals surface area contributed by atoms with Crippen LogP contribution in [0, 0.1) is 5.92 Å². The van der Waals surface area contributed by atoms with Crippen LogP contribution in [0.2, 0.25) is 0 Å². The SMILES string of the molecule is CC(C)CNC(=O)c1ccc(OCC(N)=O)cc1. The second kappa shape index (κ2) is 6.64. The molecule has 0 saturated carbocycles. The van der Waals surface area contributed by atoms with Crippen molar-refractivity contribution in [1.82, 2.24) is 5.32 Å². The molecule has 0 aliphatic rings. The summed E-state index contributed by atoms with van der Waals surface area (Å²) < 4.78 is 5.09. The molecule has 0 fully saturated rings. The van der Waals surface area contributed by atoms with Gasteiger partial charge in [0.25, 0.3) is 11.8 Å². The molecule has 1 rings (SSSR count). The predicted molar refractivity (Wildman–Crippen MR) is 68.3 cm³/mol. The Morgan fingerprint density at radius 1 is 1.28 bits per heavy atom. The highest BCUT2D eigenvalue weighted by Gasteiger charge is 2.06. The van der Waals surface area contributed by atoms with Crippen molar-refractivity contribution >= 4 is 11.8 Å². The van der Waals surface area contributed by atoms with Gasteiger partial charge in [-0.25, -0.2) is 0 Å². The smallest absolute Gasteiger partial charge is 0.255 e. The number of ether oxygens (including phenoxy) is 1. The van der Waals surface area contributed by atoms with Gasteiger partial charge in [0.05, 0.1) is 0 Å². The zero-order valence-corrected chi connectivity index (χ0v) is 10.6. The molecular formula is C13H18N2O3. The van der Waals surface area contributed by atoms with Gasteiger partial charge in [0, 0.05) is 12.1 Å². The van der Waals surface area contributed by atoms with E-state index in [1.807, 2.05) is 13.8 Å². The molecule has 0 aliphatic carbocycles. The van der Waals surface area contributed by atoms with Crippen LogP contribution in [0.1, 0.15) is 24.2 Å². The van der Waals surface area contributed by atoms with E-state index >= 15 is 0 Å². The Hall–Kier alpha value is -2.04. The minimum Gasteiger partial charge on any atom is -0.484 e. The van der Waals surface area contributed by atoms with E-state index in [9.17, 15) is 9.59 Å². The van der Waals surface area contributed by atoms with Crippen LogP contribution >= 0.6 is 0 Å². The summed E-state index contributed by atoms with van der Waals surface area (Å²) in [5, 5.41) is 2.81. The fourth-order valence-corrected chi connectivity index (χ4v) is 1.26. The third kappa shape index (κ3) is 4.86. The molecule has 1 aromatic rings. The predicted octanol–water partition coefficient (Wildman–Crippen LogP) is 0.936. The second-order valence-corrected chi connectivity index (χ2v) is 4.38. The summed E-state index contributed by atoms with van der Waals surface area (Å²) in [4.78, 5) is 22.2. The molecule has 98 valence electrons. The molecule has 0 bridgehead atoms. The maximum atomic E-state index is 11.7. The van der Waals surface area contributed by atoms with Crippen molar-refractivity contribution < 1.29 is 14.3 Å². The molecule has 0 aliphatic heterocycles. The van der Waals surface area contributed by atoms with Gasteiger partial charge in [-0.2, -0.15) is 0 Å². The van der Waals surface area contributed by atoms with Crippen molar-refractivity contribution in [3.8, 4) is 5.75 Å². The molecule has 18 heavy (non-hydrogen) atoms. The molecule has 0 radical (unpaired) electrons. The highest BCUT2D eigenvalue weighted by molar-refractivity contribution is 5.94. The Bertz CT molecular complexity index is 413. The standard InChI is InChI=1S/C13H18N2O3/c1-9(2)7-15-13(17)10-3-5-11(6-4-10)18-8-12(14)16/h3-6,9H,7-8H2,1-2H3,(H2,14,16)(H,15,17). The van der Waals surface area contributed by atoms with Crippen LogP contribution in [-0.4, -0.2) is 25.0 Å². The maximum Gasteiger partial charge on any atom is 0.255 e. The molecule has 0 aromatic heterocycles. The lowest BCUT2D eigenvalue weighted by Gasteiger charge is -2.08. The summed E-state index contributed by atoms with van der Waals surface area (Å²) in [6.07, 6.45) is 0. The number of hydrogen-bond acceptors (Lipinski definition) is 3. The third-order valence-corrected chi connectivity index (χ3v) is 2.17. The second-order valence-electron chi connectivity index (χ2n) is 4.38. The number of nitrogens with one attached hydrogen (secondary N) is 1. The molecule has 0 heterocycles. The lowest BCUT2D eigenvalue weighted by atomic mass is 10.2. The first-order chi connectivity index (χ1) is 8.49. The Labute approximate surface area is 106 Å². The molecule has 0 unspecified atom stereocenters. The third-order valence-electron chi connectivity index (χ3n) is 2.17. The highest BCUT2D eigenvalue weighted by atomic mass is 16.5. The molecule has 5 heteroatoms. The van der Waals surface area contributed by atoms with E-state index in [0.717, 1.165) is 0 Å². The summed E-state index contributed by atoms with van der Waals surface area (Å²) in [5.41, 5.74) is 5.52. The van der Waals surface area contributed by atoms with Gasteiger partial charge in [-0.1, -0.05) is 13.8 Å². The average molecular weight is 250 g/mol. The van der Waals surface area contributed by atoms with Crippen molar-refractivity contribution in [3.63, 3.8) is 0 Å². The normalized spacial score (nSPS) is 10.2. The number of rotatable bonds is 6. The number of nitrogens with two attached hydrogens (primary N) is 1. The van der Waals surface area contributed by atoms with Crippen LogP contribution in [0.4, 0.5) is 0 Å². The number of carbonyl (C=O) groups is 2. The number of hydrogen-bond donors (Lipinski definition) is 2. The van der Waals surface area contributed by atoms with Crippen LogP contribution in [-0.2, 0) is 4.79 Å². The molecule has 3 N–H and O–H groups in total. The molecule has 0 spiro atoms. The summed E-state index contributed by atoms with van der Waals surface area (Å²) in [6, 6.07) is 6.55. The first kappa shape index (κ1) is 14.0. The molecule has 0 saturated heterocycles. The van der Waals surface area contributed by atoms with E-state index in [4.69, 9.17) is 10.5 Å². The molecule has 1 aromatic carbocycles. The Balaban J connectivity index is 2.53. The molecule has 5 nitrogen and oxygen atoms in total. The Kier molecular flexibility index (Phi) is 5.17. The van der Waals surface area contributed by atoms with Crippen molar-refractivity contribution in [2.24, 2.45) is 11.7 Å². The fraction of sp³-hybridized carbons (Fsp3) is 0.385. The van der Waals surface area contributed by atoms with Gasteiger partial charge >= 0.3 is 0 Å². The first-order valence-electron chi connectivity index (χ1n) is 5.78. The quantitative estimate of drug-likeness (QED) is 0.788. The fourth-order valence-electron chi connectivity index (χ4n) is 1.26. The van der Waals surface area contributed by atoms with E-state index in [2.05, 4.69) is 5.32 Å². The lowest BCUT2D eigenvalue weighted by Crippen LogP contribution is -2.27. The van der Waals surface area contributed by atoms with Crippen LogP contribution in [0.3, 0.4) is 0 Å². The number of primary amides is 1. The largest absolute Gasteiger partial charge is 0.484 e. The van der Waals surface area contributed by atoms with Gasteiger partial charge in [0.15, 0.2) is 6.61 Å². The number of amides is 2. The van der Waals surface area contributed by atoms with Gasteiger partial charge < -0.3 is 15.8 Å². The molecular weight excluding hydrogens is 232 g/mol. The van der Waals surface area contributed by atoms with Crippen LogP contribution < -0.4 is 15.8 Å². The average Bonchev–Trinajstić information content (AvgIpc) is 2.34. The van der Waals surface area contributed by atoms with Crippen LogP contribution in [0.5, 0.6) is 5.75 Å². The minimum absolute atomic E-state index is 0.120. The van der Waals surface area contributed by atoms with Gasteiger partial charge in [0.2, 0.25) is 0 Å². The van der Waals surface area contributed by atoms with E-state index in [1.54, 1.807) is 24.3 Å². The topological polar surface area (TPSA) is 81.4 Å². The molecule has 0 atom stereocenters. The van der Waals surface area contributed by atoms with Gasteiger partial charge in [-0.3, -0.25) is 9.59 Å². The zero-order chi connectivity index (χ0) is 13.5. The summed E-state index contributed by atoms with van der Waals surface area (Å²) >= 11 is 0. The summed E-state index contributed by atoms with van der Waals surface area (Å²) in [7, 11) is 0. The van der Waals surface area contributed by atoms with Crippen LogP contribution in [0.25, 0.3) is 0 Å². The molecule has 2 amide bonds. The number of benzene rings is 1. The van der Waals surface area contributed by atoms with E-state index < -0.39 is 5.91 Å². The van der Waals surface area contributed by atoms with Crippen molar-refractivity contribution in [3.05, 3.63) is 29.8 Å². The van der Waals surface area contributed by atoms with Crippen molar-refractivity contribution in [1.29, 1.82) is 0 Å². The summed E-state index contributed by atoms with van der Waals surface area (Å²) in [5.74, 6) is 0.264. The summed E-state index contributed by atoms with van der Waals surface area (Å²) in [6.45, 7) is 4.53. The highest BCUT2D eigenvalue weighted by Crippen LogP contribution is 2.12. The van der Waals surface area contributed by atoms with Crippen LogP contribution in [0.15, 0.2) is 24.3 Å². The van der Waals surface area contributed by atoms with E-state index in [-0.39, 0.29) is 12.5 Å². The zero-order valence-electron chi connectivity index (χ0n) is 10.6. The first-order valence-corrected chi connectivity index (χ1v) is 5.78. The van der Waals surface area contributed by atoms with Crippen molar-refractivity contribution in [2.75, 3.05) is 13.2 Å². The number of carbonyl (C=O) groups excluding carboxylic acids is 2. The maximum absolute atomic E-state index is 11.7. The van der Waals surface area contributed by atoms with E-state index in [0.29, 0.717) is 23.8 Å². The minimum atomic E-state index is -0.534. The van der Waals surface area contributed by atoms with Gasteiger partial charge in [-0.05, 0) is 30.2 Å². The lowest BCUT2D eigenvalue weighted by molar-refractivity contribution is -0.119. The van der Waals surface area contributed by atoms with E-state index in [1.165, 1.54) is 0 Å². The monoisotopic (exact) mass is 250 g/mol. The Morgan fingerprint density at radius 2 is 1.89 bits per heavy atom. The van der Waals surface area contributed by atoms with Gasteiger partial charge in [0.1, 0.15) is 5.75 Å². The van der Waals surface area contributed by atoms with Gasteiger partial charge in [-0.15, -0.1) is 0 Å². The Morgan fingerprint density at radius 3 is 2.39 bits per heavy atom. The van der Waals surface area contributed by atoms with Crippen molar-refractivity contribution in [2.45, 2.75) is 13.8 Å².